The lowest BCUT2D eigenvalue weighted by atomic mass is 10.2. The summed E-state index contributed by atoms with van der Waals surface area (Å²) >= 11 is 0. The van der Waals surface area contributed by atoms with Crippen molar-refractivity contribution in [2.24, 2.45) is 7.05 Å². The maximum absolute atomic E-state index is 4.57. The van der Waals surface area contributed by atoms with E-state index in [1.165, 1.54) is 22.4 Å². The summed E-state index contributed by atoms with van der Waals surface area (Å²) in [5.41, 5.74) is 7.05. The lowest BCUT2D eigenvalue weighted by Gasteiger charge is -1.94. The van der Waals surface area contributed by atoms with Crippen molar-refractivity contribution in [2.45, 2.75) is 6.54 Å². The molecule has 5 heterocycles. The molecule has 1 aliphatic rings. The summed E-state index contributed by atoms with van der Waals surface area (Å²) < 4.78 is 6.69. The molecule has 0 unspecified atom stereocenters. The number of imidazole rings is 2. The average molecular weight is 262 g/mol. The Labute approximate surface area is 114 Å². The van der Waals surface area contributed by atoms with Crippen molar-refractivity contribution in [2.75, 3.05) is 0 Å². The van der Waals surface area contributed by atoms with Crippen LogP contribution in [-0.2, 0) is 13.6 Å². The summed E-state index contributed by atoms with van der Waals surface area (Å²) in [6.45, 7) is 0.896. The zero-order chi connectivity index (χ0) is 13.3. The average Bonchev–Trinajstić information content (AvgIpc) is 3.08. The molecule has 0 bridgehead atoms. The van der Waals surface area contributed by atoms with Gasteiger partial charge in [-0.3, -0.25) is 9.97 Å². The molecule has 0 N–H and O–H groups in total. The Hall–Kier alpha value is -2.69. The fourth-order valence-electron chi connectivity index (χ4n) is 3.27. The maximum Gasteiger partial charge on any atom is 0.256 e. The standard InChI is InChI=1S/C15H12N5/c1-18-12-7-16-6-4-11(12)20-9-19-8-10-3-2-5-17-13(10)14(19)15(18)20/h2-7,9H,8H2,1H3/q+1. The second kappa shape index (κ2) is 3.25. The number of rotatable bonds is 0. The minimum atomic E-state index is 0.896. The Morgan fingerprint density at radius 2 is 2.15 bits per heavy atom. The van der Waals surface area contributed by atoms with Gasteiger partial charge in [0.05, 0.1) is 6.20 Å². The molecule has 5 heteroatoms. The first-order chi connectivity index (χ1) is 9.84. The van der Waals surface area contributed by atoms with Gasteiger partial charge < -0.3 is 4.57 Å². The quantitative estimate of drug-likeness (QED) is 0.397. The fraction of sp³-hybridized carbons (Fsp3) is 0.133. The van der Waals surface area contributed by atoms with E-state index in [2.05, 4.69) is 49.0 Å². The van der Waals surface area contributed by atoms with E-state index in [1.807, 2.05) is 24.7 Å². The summed E-state index contributed by atoms with van der Waals surface area (Å²) in [5.74, 6) is 0. The first kappa shape index (κ1) is 10.1. The molecule has 0 saturated carbocycles. The number of nitrogens with zero attached hydrogens (tertiary/aromatic N) is 5. The molecule has 20 heavy (non-hydrogen) atoms. The summed E-state index contributed by atoms with van der Waals surface area (Å²) in [4.78, 5) is 8.80. The van der Waals surface area contributed by atoms with Crippen LogP contribution in [0.2, 0.25) is 0 Å². The van der Waals surface area contributed by atoms with E-state index in [4.69, 9.17) is 0 Å². The molecule has 0 radical (unpaired) electrons. The lowest BCUT2D eigenvalue weighted by Crippen LogP contribution is -2.29. The maximum atomic E-state index is 4.57. The Bertz CT molecular complexity index is 992. The molecular formula is C15H12N5+. The van der Waals surface area contributed by atoms with Crippen molar-refractivity contribution in [1.29, 1.82) is 0 Å². The van der Waals surface area contributed by atoms with Crippen LogP contribution in [0.4, 0.5) is 0 Å². The van der Waals surface area contributed by atoms with Crippen LogP contribution in [0.1, 0.15) is 5.56 Å². The highest BCUT2D eigenvalue weighted by molar-refractivity contribution is 5.86. The summed E-state index contributed by atoms with van der Waals surface area (Å²) in [6, 6.07) is 6.20. The molecule has 5 nitrogen and oxygen atoms in total. The van der Waals surface area contributed by atoms with Gasteiger partial charge >= 0.3 is 0 Å². The molecule has 0 amide bonds. The van der Waals surface area contributed by atoms with Crippen LogP contribution in [0.5, 0.6) is 0 Å². The Morgan fingerprint density at radius 1 is 1.20 bits per heavy atom. The molecule has 5 rings (SSSR count). The number of aromatic nitrogens is 5. The van der Waals surface area contributed by atoms with E-state index in [-0.39, 0.29) is 0 Å². The number of aryl methyl sites for hydroxylation is 1. The molecule has 4 aromatic heterocycles. The third kappa shape index (κ3) is 1.02. The third-order valence-electron chi connectivity index (χ3n) is 4.15. The van der Waals surface area contributed by atoms with Gasteiger partial charge in [0, 0.05) is 31.1 Å². The minimum absolute atomic E-state index is 0.896. The topological polar surface area (TPSA) is 39.0 Å². The smallest absolute Gasteiger partial charge is 0.256 e. The number of pyridine rings is 2. The normalized spacial score (nSPS) is 13.1. The van der Waals surface area contributed by atoms with Crippen molar-refractivity contribution < 1.29 is 4.57 Å². The molecular weight excluding hydrogens is 250 g/mol. The minimum Gasteiger partial charge on any atom is -0.303 e. The van der Waals surface area contributed by atoms with Crippen LogP contribution in [0.25, 0.3) is 28.1 Å². The van der Waals surface area contributed by atoms with E-state index < -0.39 is 0 Å². The van der Waals surface area contributed by atoms with Gasteiger partial charge in [-0.15, -0.1) is 0 Å². The number of hydrogen-bond donors (Lipinski definition) is 0. The fourth-order valence-corrected chi connectivity index (χ4v) is 3.27. The van der Waals surface area contributed by atoms with E-state index in [1.54, 1.807) is 0 Å². The van der Waals surface area contributed by atoms with Gasteiger partial charge in [0.2, 0.25) is 5.69 Å². The molecule has 0 aromatic carbocycles. The largest absolute Gasteiger partial charge is 0.303 e. The highest BCUT2D eigenvalue weighted by atomic mass is 15.2. The van der Waals surface area contributed by atoms with Crippen molar-refractivity contribution in [3.63, 3.8) is 0 Å². The molecule has 0 atom stereocenters. The van der Waals surface area contributed by atoms with Gasteiger partial charge in [0.25, 0.3) is 12.0 Å². The van der Waals surface area contributed by atoms with E-state index >= 15 is 0 Å². The van der Waals surface area contributed by atoms with Crippen molar-refractivity contribution >= 4 is 16.7 Å². The molecule has 0 fully saturated rings. The van der Waals surface area contributed by atoms with Gasteiger partial charge in [-0.25, -0.2) is 4.57 Å². The second-order valence-corrected chi connectivity index (χ2v) is 5.22. The van der Waals surface area contributed by atoms with Gasteiger partial charge in [-0.1, -0.05) is 6.07 Å². The van der Waals surface area contributed by atoms with Crippen molar-refractivity contribution in [3.8, 4) is 11.4 Å². The van der Waals surface area contributed by atoms with E-state index in [9.17, 15) is 0 Å². The van der Waals surface area contributed by atoms with Crippen LogP contribution < -0.4 is 4.57 Å². The van der Waals surface area contributed by atoms with Gasteiger partial charge in [-0.2, -0.15) is 4.40 Å². The molecule has 0 spiro atoms. The lowest BCUT2D eigenvalue weighted by molar-refractivity contribution is -0.671. The molecule has 1 aliphatic heterocycles. The van der Waals surface area contributed by atoms with Crippen LogP contribution in [-0.4, -0.2) is 18.9 Å². The van der Waals surface area contributed by atoms with Gasteiger partial charge in [0.1, 0.15) is 17.8 Å². The van der Waals surface area contributed by atoms with Crippen LogP contribution >= 0.6 is 0 Å². The summed E-state index contributed by atoms with van der Waals surface area (Å²) in [6.07, 6.45) is 7.77. The van der Waals surface area contributed by atoms with Crippen LogP contribution in [0.3, 0.4) is 0 Å². The highest BCUT2D eigenvalue weighted by Gasteiger charge is 2.33. The van der Waals surface area contributed by atoms with Gasteiger partial charge in [-0.05, 0) is 6.07 Å². The van der Waals surface area contributed by atoms with E-state index in [0.717, 1.165) is 17.8 Å². The SMILES string of the molecule is Cn1c2cnccc2n2c[n+]3c(c12)-c1ncccc1C3. The Balaban J connectivity index is 2.01. The molecule has 96 valence electrons. The van der Waals surface area contributed by atoms with Crippen LogP contribution in [0, 0.1) is 0 Å². The number of hydrogen-bond acceptors (Lipinski definition) is 2. The first-order valence-corrected chi connectivity index (χ1v) is 6.62. The van der Waals surface area contributed by atoms with Crippen LogP contribution in [0.15, 0.2) is 43.1 Å². The highest BCUT2D eigenvalue weighted by Crippen LogP contribution is 2.31. The zero-order valence-electron chi connectivity index (χ0n) is 11.0. The summed E-state index contributed by atoms with van der Waals surface area (Å²) in [5, 5.41) is 0. The number of fused-ring (bicyclic) bond motifs is 7. The Morgan fingerprint density at radius 3 is 3.10 bits per heavy atom. The monoisotopic (exact) mass is 262 g/mol. The predicted octanol–water partition coefficient (Wildman–Crippen LogP) is 1.54. The predicted molar refractivity (Wildman–Crippen MR) is 74.2 cm³/mol. The summed E-state index contributed by atoms with van der Waals surface area (Å²) in [7, 11) is 2.08. The molecule has 4 aromatic rings. The first-order valence-electron chi connectivity index (χ1n) is 6.62. The molecule has 0 aliphatic carbocycles. The van der Waals surface area contributed by atoms with E-state index in [0.29, 0.717) is 0 Å². The van der Waals surface area contributed by atoms with Crippen molar-refractivity contribution in [1.82, 2.24) is 18.9 Å². The van der Waals surface area contributed by atoms with Gasteiger partial charge in [0.15, 0.2) is 5.52 Å². The third-order valence-corrected chi connectivity index (χ3v) is 4.15. The Kier molecular flexibility index (Phi) is 1.65. The van der Waals surface area contributed by atoms with Crippen molar-refractivity contribution in [3.05, 3.63) is 48.7 Å². The zero-order valence-corrected chi connectivity index (χ0v) is 11.0. The second-order valence-electron chi connectivity index (χ2n) is 5.22. The molecule has 0 saturated heterocycles.